The van der Waals surface area contributed by atoms with Gasteiger partial charge in [0.1, 0.15) is 22.0 Å². The van der Waals surface area contributed by atoms with Crippen molar-refractivity contribution in [1.29, 1.82) is 0 Å². The van der Waals surface area contributed by atoms with Gasteiger partial charge in [0, 0.05) is 22.9 Å². The number of rotatable bonds is 4. The minimum atomic E-state index is -0.237. The van der Waals surface area contributed by atoms with Crippen LogP contribution in [0, 0.1) is 5.82 Å². The van der Waals surface area contributed by atoms with Gasteiger partial charge in [-0.2, -0.15) is 0 Å². The molecule has 0 aliphatic rings. The molecule has 0 bridgehead atoms. The van der Waals surface area contributed by atoms with Crippen LogP contribution in [0.2, 0.25) is 0 Å². The van der Waals surface area contributed by atoms with Crippen LogP contribution in [0.1, 0.15) is 5.69 Å². The minimum Gasteiger partial charge on any atom is -0.260 e. The van der Waals surface area contributed by atoms with Crippen LogP contribution >= 0.6 is 23.1 Å². The van der Waals surface area contributed by atoms with Crippen LogP contribution in [0.5, 0.6) is 0 Å². The molecule has 0 saturated carbocycles. The first-order valence-corrected chi connectivity index (χ1v) is 9.18. The first-order chi connectivity index (χ1) is 11.8. The molecule has 3 heterocycles. The molecule has 3 aromatic heterocycles. The number of hydrogen-bond acceptors (Lipinski definition) is 5. The van der Waals surface area contributed by atoms with E-state index in [0.717, 1.165) is 37.8 Å². The van der Waals surface area contributed by atoms with E-state index < -0.39 is 0 Å². The maximum absolute atomic E-state index is 13.2. The molecular weight excluding hydrogens is 341 g/mol. The Morgan fingerprint density at radius 3 is 2.67 bits per heavy atom. The summed E-state index contributed by atoms with van der Waals surface area (Å²) in [4.78, 5) is 14.1. The normalized spacial score (nSPS) is 11.0. The monoisotopic (exact) mass is 353 g/mol. The smallest absolute Gasteiger partial charge is 0.128 e. The third-order valence-electron chi connectivity index (χ3n) is 3.57. The highest BCUT2D eigenvalue weighted by atomic mass is 32.2. The number of nitrogens with zero attached hydrogens (tertiary/aromatic N) is 3. The molecular formula is C18H12FN3S2. The van der Waals surface area contributed by atoms with Gasteiger partial charge >= 0.3 is 0 Å². The standard InChI is InChI=1S/C18H12FN3S2/c19-13-6-4-12(5-7-13)15-10-24-18-16(15)17(21-11-22-18)23-9-14-3-1-2-8-20-14/h1-8,10-11H,9H2. The highest BCUT2D eigenvalue weighted by molar-refractivity contribution is 7.98. The molecule has 0 fully saturated rings. The van der Waals surface area contributed by atoms with E-state index in [1.165, 1.54) is 12.1 Å². The molecule has 118 valence electrons. The van der Waals surface area contributed by atoms with Gasteiger partial charge in [0.25, 0.3) is 0 Å². The molecule has 24 heavy (non-hydrogen) atoms. The van der Waals surface area contributed by atoms with Crippen molar-refractivity contribution in [3.05, 3.63) is 71.9 Å². The van der Waals surface area contributed by atoms with E-state index >= 15 is 0 Å². The number of benzene rings is 1. The number of pyridine rings is 1. The van der Waals surface area contributed by atoms with Gasteiger partial charge in [-0.25, -0.2) is 14.4 Å². The lowest BCUT2D eigenvalue weighted by atomic mass is 10.1. The first kappa shape index (κ1) is 15.2. The van der Waals surface area contributed by atoms with Crippen LogP contribution in [0.3, 0.4) is 0 Å². The van der Waals surface area contributed by atoms with Crippen LogP contribution < -0.4 is 0 Å². The number of thioether (sulfide) groups is 1. The maximum Gasteiger partial charge on any atom is 0.128 e. The lowest BCUT2D eigenvalue weighted by Crippen LogP contribution is -1.89. The van der Waals surface area contributed by atoms with Crippen molar-refractivity contribution in [3.8, 4) is 11.1 Å². The molecule has 4 rings (SSSR count). The summed E-state index contributed by atoms with van der Waals surface area (Å²) in [6.07, 6.45) is 3.38. The average molecular weight is 353 g/mol. The second kappa shape index (κ2) is 6.67. The molecule has 0 amide bonds. The first-order valence-electron chi connectivity index (χ1n) is 7.32. The summed E-state index contributed by atoms with van der Waals surface area (Å²) < 4.78 is 13.2. The summed E-state index contributed by atoms with van der Waals surface area (Å²) in [5, 5.41) is 4.00. The molecule has 1 aromatic carbocycles. The predicted octanol–water partition coefficient (Wildman–Crippen LogP) is 5.18. The van der Waals surface area contributed by atoms with Crippen LogP contribution in [0.4, 0.5) is 4.39 Å². The van der Waals surface area contributed by atoms with Gasteiger partial charge in [-0.15, -0.1) is 11.3 Å². The largest absolute Gasteiger partial charge is 0.260 e. The van der Waals surface area contributed by atoms with Gasteiger partial charge in [-0.1, -0.05) is 30.0 Å². The number of aromatic nitrogens is 3. The minimum absolute atomic E-state index is 0.237. The van der Waals surface area contributed by atoms with Gasteiger partial charge in [-0.3, -0.25) is 4.98 Å². The summed E-state index contributed by atoms with van der Waals surface area (Å²) in [5.74, 6) is 0.505. The van der Waals surface area contributed by atoms with Crippen LogP contribution in [0.15, 0.2) is 65.4 Å². The summed E-state index contributed by atoms with van der Waals surface area (Å²) in [5.41, 5.74) is 3.02. The Morgan fingerprint density at radius 2 is 1.88 bits per heavy atom. The Labute approximate surface area is 146 Å². The zero-order valence-corrected chi connectivity index (χ0v) is 14.1. The second-order valence-corrected chi connectivity index (χ2v) is 6.95. The van der Waals surface area contributed by atoms with Crippen LogP contribution in [-0.2, 0) is 5.75 Å². The van der Waals surface area contributed by atoms with E-state index in [1.54, 1.807) is 47.8 Å². The number of thiophene rings is 1. The van der Waals surface area contributed by atoms with Crippen LogP contribution in [-0.4, -0.2) is 15.0 Å². The summed E-state index contributed by atoms with van der Waals surface area (Å²) in [6, 6.07) is 12.4. The Morgan fingerprint density at radius 1 is 1.00 bits per heavy atom. The van der Waals surface area contributed by atoms with Crippen molar-refractivity contribution >= 4 is 33.3 Å². The SMILES string of the molecule is Fc1ccc(-c2csc3ncnc(SCc4ccccn4)c23)cc1. The summed E-state index contributed by atoms with van der Waals surface area (Å²) in [7, 11) is 0. The summed E-state index contributed by atoms with van der Waals surface area (Å²) >= 11 is 3.21. The zero-order valence-electron chi connectivity index (χ0n) is 12.5. The fourth-order valence-electron chi connectivity index (χ4n) is 2.42. The lowest BCUT2D eigenvalue weighted by Gasteiger charge is -2.05. The third-order valence-corrected chi connectivity index (χ3v) is 5.48. The maximum atomic E-state index is 13.2. The van der Waals surface area contributed by atoms with E-state index in [0.29, 0.717) is 0 Å². The van der Waals surface area contributed by atoms with Gasteiger partial charge < -0.3 is 0 Å². The van der Waals surface area contributed by atoms with Crippen LogP contribution in [0.25, 0.3) is 21.3 Å². The molecule has 0 saturated heterocycles. The highest BCUT2D eigenvalue weighted by Crippen LogP contribution is 2.38. The Hall–Kier alpha value is -2.31. The van der Waals surface area contributed by atoms with Gasteiger partial charge in [0.15, 0.2) is 0 Å². The fraction of sp³-hybridized carbons (Fsp3) is 0.0556. The van der Waals surface area contributed by atoms with E-state index in [4.69, 9.17) is 0 Å². The quantitative estimate of drug-likeness (QED) is 0.374. The van der Waals surface area contributed by atoms with Gasteiger partial charge in [0.05, 0.1) is 11.1 Å². The van der Waals surface area contributed by atoms with E-state index in [9.17, 15) is 4.39 Å². The van der Waals surface area contributed by atoms with Crippen molar-refractivity contribution in [2.24, 2.45) is 0 Å². The van der Waals surface area contributed by atoms with Crippen molar-refractivity contribution in [3.63, 3.8) is 0 Å². The van der Waals surface area contributed by atoms with Crippen molar-refractivity contribution in [2.75, 3.05) is 0 Å². The number of halogens is 1. The van der Waals surface area contributed by atoms with Gasteiger partial charge in [-0.05, 0) is 29.8 Å². The topological polar surface area (TPSA) is 38.7 Å². The molecule has 3 nitrogen and oxygen atoms in total. The summed E-state index contributed by atoms with van der Waals surface area (Å²) in [6.45, 7) is 0. The Balaban J connectivity index is 1.73. The molecule has 0 aliphatic carbocycles. The van der Waals surface area contributed by atoms with E-state index in [1.807, 2.05) is 18.2 Å². The molecule has 0 aliphatic heterocycles. The van der Waals surface area contributed by atoms with E-state index in [2.05, 4.69) is 20.3 Å². The predicted molar refractivity (Wildman–Crippen MR) is 96.6 cm³/mol. The molecule has 4 aromatic rings. The Kier molecular flexibility index (Phi) is 4.23. The molecule has 6 heteroatoms. The number of fused-ring (bicyclic) bond motifs is 1. The highest BCUT2D eigenvalue weighted by Gasteiger charge is 2.13. The average Bonchev–Trinajstić information content (AvgIpc) is 3.06. The molecule has 0 radical (unpaired) electrons. The number of hydrogen-bond donors (Lipinski definition) is 0. The third kappa shape index (κ3) is 3.02. The fourth-order valence-corrected chi connectivity index (χ4v) is 4.33. The van der Waals surface area contributed by atoms with Gasteiger partial charge in [0.2, 0.25) is 0 Å². The zero-order chi connectivity index (χ0) is 16.4. The molecule has 0 N–H and O–H groups in total. The lowest BCUT2D eigenvalue weighted by molar-refractivity contribution is 0.628. The van der Waals surface area contributed by atoms with Crippen molar-refractivity contribution in [2.45, 2.75) is 10.8 Å². The molecule has 0 atom stereocenters. The Bertz CT molecular complexity index is 969. The molecule has 0 spiro atoms. The van der Waals surface area contributed by atoms with Crippen molar-refractivity contribution < 1.29 is 4.39 Å². The molecule has 0 unspecified atom stereocenters. The van der Waals surface area contributed by atoms with Crippen molar-refractivity contribution in [1.82, 2.24) is 15.0 Å². The second-order valence-electron chi connectivity index (χ2n) is 5.12. The van der Waals surface area contributed by atoms with E-state index in [-0.39, 0.29) is 5.82 Å².